The van der Waals surface area contributed by atoms with Crippen LogP contribution in [0.2, 0.25) is 10.0 Å². The fourth-order valence-electron chi connectivity index (χ4n) is 1.66. The Hall–Kier alpha value is -1.46. The molecule has 0 bridgehead atoms. The molecule has 96 valence electrons. The number of halogens is 2. The van der Waals surface area contributed by atoms with Gasteiger partial charge >= 0.3 is 0 Å². The van der Waals surface area contributed by atoms with Crippen LogP contribution in [0.3, 0.4) is 0 Å². The Balaban J connectivity index is 1.91. The van der Waals surface area contributed by atoms with Gasteiger partial charge in [-0.3, -0.25) is 20.4 Å². The first-order valence-electron chi connectivity index (χ1n) is 5.36. The van der Waals surface area contributed by atoms with Gasteiger partial charge in [0.15, 0.2) is 0 Å². The second-order valence-electron chi connectivity index (χ2n) is 3.93. The number of carbonyl (C=O) groups excluding carboxylic acids is 2. The second kappa shape index (κ2) is 5.46. The number of hydrogen-bond donors (Lipinski definition) is 3. The Kier molecular flexibility index (Phi) is 3.93. The van der Waals surface area contributed by atoms with E-state index in [0.717, 1.165) is 0 Å². The quantitative estimate of drug-likeness (QED) is 0.742. The first kappa shape index (κ1) is 13.0. The summed E-state index contributed by atoms with van der Waals surface area (Å²) in [6.45, 7) is 0. The average Bonchev–Trinajstić information content (AvgIpc) is 2.71. The molecule has 3 N–H and O–H groups in total. The van der Waals surface area contributed by atoms with Crippen LogP contribution in [0.25, 0.3) is 0 Å². The van der Waals surface area contributed by atoms with Gasteiger partial charge in [0.05, 0.1) is 5.69 Å². The number of anilines is 1. The van der Waals surface area contributed by atoms with Crippen molar-refractivity contribution in [3.05, 3.63) is 28.2 Å². The lowest BCUT2D eigenvalue weighted by Gasteiger charge is -2.13. The Morgan fingerprint density at radius 1 is 1.28 bits per heavy atom. The fourth-order valence-corrected chi connectivity index (χ4v) is 2.18. The van der Waals surface area contributed by atoms with Gasteiger partial charge < -0.3 is 5.32 Å². The molecule has 0 spiro atoms. The number of hydrogen-bond acceptors (Lipinski definition) is 3. The molecule has 1 aliphatic heterocycles. The lowest BCUT2D eigenvalue weighted by Crippen LogP contribution is -2.43. The molecular weight excluding hydrogens is 277 g/mol. The van der Waals surface area contributed by atoms with E-state index in [0.29, 0.717) is 28.6 Å². The third kappa shape index (κ3) is 3.27. The van der Waals surface area contributed by atoms with Crippen LogP contribution < -0.4 is 16.2 Å². The molecule has 1 unspecified atom stereocenters. The van der Waals surface area contributed by atoms with Crippen molar-refractivity contribution < 1.29 is 9.59 Å². The van der Waals surface area contributed by atoms with E-state index >= 15 is 0 Å². The van der Waals surface area contributed by atoms with Crippen LogP contribution in [0, 0.1) is 0 Å². The third-order valence-corrected chi connectivity index (χ3v) is 2.94. The predicted molar refractivity (Wildman–Crippen MR) is 69.4 cm³/mol. The van der Waals surface area contributed by atoms with Crippen molar-refractivity contribution in [2.45, 2.75) is 18.9 Å². The van der Waals surface area contributed by atoms with Crippen molar-refractivity contribution in [2.75, 3.05) is 5.43 Å². The molecule has 1 saturated heterocycles. The van der Waals surface area contributed by atoms with Gasteiger partial charge in [0.1, 0.15) is 6.04 Å². The zero-order valence-corrected chi connectivity index (χ0v) is 10.8. The molecule has 1 atom stereocenters. The molecule has 2 amide bonds. The third-order valence-electron chi connectivity index (χ3n) is 2.50. The maximum Gasteiger partial charge on any atom is 0.260 e. The molecule has 1 aliphatic rings. The molecule has 0 aromatic heterocycles. The highest BCUT2D eigenvalue weighted by Gasteiger charge is 2.26. The summed E-state index contributed by atoms with van der Waals surface area (Å²) < 4.78 is 0. The molecule has 0 saturated carbocycles. The Bertz CT molecular complexity index is 473. The molecular formula is C11H11Cl2N3O2. The normalized spacial score (nSPS) is 18.3. The van der Waals surface area contributed by atoms with Crippen molar-refractivity contribution in [1.29, 1.82) is 0 Å². The summed E-state index contributed by atoms with van der Waals surface area (Å²) >= 11 is 11.6. The highest BCUT2D eigenvalue weighted by atomic mass is 35.5. The van der Waals surface area contributed by atoms with E-state index in [2.05, 4.69) is 16.2 Å². The van der Waals surface area contributed by atoms with Crippen molar-refractivity contribution in [2.24, 2.45) is 0 Å². The largest absolute Gasteiger partial charge is 0.344 e. The van der Waals surface area contributed by atoms with E-state index in [1.54, 1.807) is 18.2 Å². The lowest BCUT2D eigenvalue weighted by molar-refractivity contribution is -0.125. The van der Waals surface area contributed by atoms with Crippen LogP contribution in [0.15, 0.2) is 18.2 Å². The second-order valence-corrected chi connectivity index (χ2v) is 4.80. The number of nitrogens with one attached hydrogen (secondary N) is 3. The van der Waals surface area contributed by atoms with Gasteiger partial charge in [-0.15, -0.1) is 0 Å². The Morgan fingerprint density at radius 2 is 1.94 bits per heavy atom. The predicted octanol–water partition coefficient (Wildman–Crippen LogP) is 1.72. The molecule has 1 aromatic rings. The monoisotopic (exact) mass is 287 g/mol. The number of carbonyl (C=O) groups is 2. The van der Waals surface area contributed by atoms with Crippen molar-refractivity contribution in [3.8, 4) is 0 Å². The van der Waals surface area contributed by atoms with Gasteiger partial charge in [-0.1, -0.05) is 23.2 Å². The lowest BCUT2D eigenvalue weighted by atomic mass is 10.2. The Labute approximate surface area is 114 Å². The van der Waals surface area contributed by atoms with Crippen LogP contribution in [-0.2, 0) is 9.59 Å². The van der Waals surface area contributed by atoms with Gasteiger partial charge in [-0.2, -0.15) is 0 Å². The summed E-state index contributed by atoms with van der Waals surface area (Å²) in [6.07, 6.45) is 0.879. The molecule has 18 heavy (non-hydrogen) atoms. The van der Waals surface area contributed by atoms with Crippen LogP contribution in [0.4, 0.5) is 5.69 Å². The summed E-state index contributed by atoms with van der Waals surface area (Å²) in [4.78, 5) is 22.7. The van der Waals surface area contributed by atoms with Gasteiger partial charge in [0.2, 0.25) is 5.91 Å². The minimum atomic E-state index is -0.486. The molecule has 1 heterocycles. The molecule has 0 radical (unpaired) electrons. The minimum Gasteiger partial charge on any atom is -0.344 e. The standard InChI is InChI=1S/C11H11Cl2N3O2/c12-6-3-7(13)5-8(4-6)15-16-11(18)9-1-2-10(17)14-9/h3-5,9,15H,1-2H2,(H,14,17)(H,16,18). The molecule has 1 fully saturated rings. The minimum absolute atomic E-state index is 0.110. The van der Waals surface area contributed by atoms with E-state index in [1.165, 1.54) is 0 Å². The molecule has 0 aliphatic carbocycles. The van der Waals surface area contributed by atoms with Crippen molar-refractivity contribution in [1.82, 2.24) is 10.7 Å². The van der Waals surface area contributed by atoms with E-state index in [1.807, 2.05) is 0 Å². The zero-order valence-electron chi connectivity index (χ0n) is 9.30. The van der Waals surface area contributed by atoms with Crippen molar-refractivity contribution >= 4 is 40.7 Å². The van der Waals surface area contributed by atoms with E-state index < -0.39 is 6.04 Å². The SMILES string of the molecule is O=C1CCC(C(=O)NNc2cc(Cl)cc(Cl)c2)N1. The van der Waals surface area contributed by atoms with Gasteiger partial charge in [0, 0.05) is 16.5 Å². The van der Waals surface area contributed by atoms with Crippen LogP contribution in [0.5, 0.6) is 0 Å². The van der Waals surface area contributed by atoms with E-state index in [4.69, 9.17) is 23.2 Å². The number of amides is 2. The molecule has 2 rings (SSSR count). The summed E-state index contributed by atoms with van der Waals surface area (Å²) in [5.74, 6) is -0.405. The topological polar surface area (TPSA) is 70.2 Å². The number of hydrazine groups is 1. The van der Waals surface area contributed by atoms with Gasteiger partial charge in [-0.25, -0.2) is 0 Å². The number of rotatable bonds is 3. The van der Waals surface area contributed by atoms with Crippen molar-refractivity contribution in [3.63, 3.8) is 0 Å². The van der Waals surface area contributed by atoms with Gasteiger partial charge in [-0.05, 0) is 24.6 Å². The highest BCUT2D eigenvalue weighted by Crippen LogP contribution is 2.21. The van der Waals surface area contributed by atoms with Crippen LogP contribution >= 0.6 is 23.2 Å². The molecule has 5 nitrogen and oxygen atoms in total. The van der Waals surface area contributed by atoms with Crippen LogP contribution in [-0.4, -0.2) is 17.9 Å². The Morgan fingerprint density at radius 3 is 2.50 bits per heavy atom. The first-order valence-corrected chi connectivity index (χ1v) is 6.11. The maximum atomic E-state index is 11.7. The summed E-state index contributed by atoms with van der Waals surface area (Å²) in [5.41, 5.74) is 5.77. The van der Waals surface area contributed by atoms with E-state index in [-0.39, 0.29) is 11.8 Å². The van der Waals surface area contributed by atoms with E-state index in [9.17, 15) is 9.59 Å². The molecule has 7 heteroatoms. The number of benzene rings is 1. The smallest absolute Gasteiger partial charge is 0.260 e. The average molecular weight is 288 g/mol. The summed E-state index contributed by atoms with van der Waals surface area (Å²) in [6, 6.07) is 4.36. The summed E-state index contributed by atoms with van der Waals surface area (Å²) in [7, 11) is 0. The fraction of sp³-hybridized carbons (Fsp3) is 0.273. The zero-order chi connectivity index (χ0) is 13.1. The van der Waals surface area contributed by atoms with Crippen LogP contribution in [0.1, 0.15) is 12.8 Å². The summed E-state index contributed by atoms with van der Waals surface area (Å²) in [5, 5.41) is 3.50. The highest BCUT2D eigenvalue weighted by molar-refractivity contribution is 6.35. The first-order chi connectivity index (χ1) is 8.54. The maximum absolute atomic E-state index is 11.7. The van der Waals surface area contributed by atoms with Gasteiger partial charge in [0.25, 0.3) is 5.91 Å². The molecule has 1 aromatic carbocycles.